The largest absolute Gasteiger partial charge is 0.372 e. The number of hydrogen-bond donors (Lipinski definition) is 1. The fraction of sp³-hybridized carbons (Fsp3) is 1.00. The molecule has 2 fully saturated rings. The molecular formula is C7H13NO. The second kappa shape index (κ2) is 1.96. The van der Waals surface area contributed by atoms with Crippen LogP contribution in [0.5, 0.6) is 0 Å². The molecule has 3 unspecified atom stereocenters. The van der Waals surface area contributed by atoms with Crippen LogP contribution in [-0.2, 0) is 4.74 Å². The fourth-order valence-electron chi connectivity index (χ4n) is 1.70. The van der Waals surface area contributed by atoms with Gasteiger partial charge in [0.1, 0.15) is 0 Å². The van der Waals surface area contributed by atoms with E-state index in [9.17, 15) is 0 Å². The van der Waals surface area contributed by atoms with E-state index in [0.717, 1.165) is 6.54 Å². The highest BCUT2D eigenvalue weighted by Crippen LogP contribution is 2.25. The number of rotatable bonds is 0. The van der Waals surface area contributed by atoms with Crippen LogP contribution >= 0.6 is 0 Å². The van der Waals surface area contributed by atoms with Gasteiger partial charge < -0.3 is 10.1 Å². The molecule has 2 saturated heterocycles. The molecule has 2 aliphatic rings. The molecule has 2 heteroatoms. The van der Waals surface area contributed by atoms with Gasteiger partial charge >= 0.3 is 0 Å². The van der Waals surface area contributed by atoms with Gasteiger partial charge in [-0.15, -0.1) is 0 Å². The maximum atomic E-state index is 5.65. The van der Waals surface area contributed by atoms with Crippen LogP contribution in [0.25, 0.3) is 0 Å². The van der Waals surface area contributed by atoms with Crippen molar-refractivity contribution < 1.29 is 4.74 Å². The standard InChI is InChI=1S/C7H13NO/c1-5-7-3-2-6(9-7)4-8-5/h5-8H,2-4H2,1H3. The molecule has 2 rings (SSSR count). The van der Waals surface area contributed by atoms with Gasteiger partial charge in [-0.05, 0) is 19.8 Å². The first-order valence-corrected chi connectivity index (χ1v) is 3.75. The SMILES string of the molecule is CC1NCC2CCC1O2. The molecule has 2 heterocycles. The minimum absolute atomic E-state index is 0.517. The van der Waals surface area contributed by atoms with Crippen LogP contribution in [0, 0.1) is 0 Å². The molecule has 0 aromatic rings. The van der Waals surface area contributed by atoms with Crippen LogP contribution in [-0.4, -0.2) is 24.8 Å². The van der Waals surface area contributed by atoms with E-state index in [1.165, 1.54) is 12.8 Å². The number of hydrogen-bond acceptors (Lipinski definition) is 2. The van der Waals surface area contributed by atoms with E-state index in [0.29, 0.717) is 18.2 Å². The van der Waals surface area contributed by atoms with E-state index < -0.39 is 0 Å². The maximum Gasteiger partial charge on any atom is 0.0730 e. The van der Waals surface area contributed by atoms with Crippen LogP contribution in [0.4, 0.5) is 0 Å². The van der Waals surface area contributed by atoms with Gasteiger partial charge in [-0.3, -0.25) is 0 Å². The normalized spacial score (nSPS) is 49.7. The summed E-state index contributed by atoms with van der Waals surface area (Å²) in [7, 11) is 0. The van der Waals surface area contributed by atoms with Gasteiger partial charge in [-0.25, -0.2) is 0 Å². The predicted molar refractivity (Wildman–Crippen MR) is 35.4 cm³/mol. The number of fused-ring (bicyclic) bond motifs is 2. The van der Waals surface area contributed by atoms with Crippen molar-refractivity contribution >= 4 is 0 Å². The van der Waals surface area contributed by atoms with Gasteiger partial charge in [0.05, 0.1) is 12.2 Å². The van der Waals surface area contributed by atoms with Crippen LogP contribution in [0.2, 0.25) is 0 Å². The molecular weight excluding hydrogens is 114 g/mol. The Labute approximate surface area is 55.6 Å². The molecule has 1 N–H and O–H groups in total. The number of nitrogens with one attached hydrogen (secondary N) is 1. The highest BCUT2D eigenvalue weighted by Gasteiger charge is 2.33. The second-order valence-corrected chi connectivity index (χ2v) is 3.07. The molecule has 0 saturated carbocycles. The molecule has 3 atom stereocenters. The van der Waals surface area contributed by atoms with E-state index in [1.807, 2.05) is 0 Å². The van der Waals surface area contributed by atoms with E-state index in [-0.39, 0.29) is 0 Å². The van der Waals surface area contributed by atoms with Crippen molar-refractivity contribution in [2.75, 3.05) is 6.54 Å². The third-order valence-corrected chi connectivity index (χ3v) is 2.37. The Kier molecular flexibility index (Phi) is 1.24. The lowest BCUT2D eigenvalue weighted by Crippen LogP contribution is -2.45. The molecule has 0 spiro atoms. The lowest BCUT2D eigenvalue weighted by molar-refractivity contribution is -0.00577. The lowest BCUT2D eigenvalue weighted by Gasteiger charge is -2.27. The Morgan fingerprint density at radius 3 is 3.11 bits per heavy atom. The molecule has 0 aromatic heterocycles. The zero-order chi connectivity index (χ0) is 6.27. The third-order valence-electron chi connectivity index (χ3n) is 2.37. The maximum absolute atomic E-state index is 5.65. The minimum Gasteiger partial charge on any atom is -0.372 e. The molecule has 0 aromatic carbocycles. The topological polar surface area (TPSA) is 21.3 Å². The van der Waals surface area contributed by atoms with Crippen molar-refractivity contribution in [3.63, 3.8) is 0 Å². The average Bonchev–Trinajstić information content (AvgIpc) is 2.25. The van der Waals surface area contributed by atoms with Gasteiger partial charge in [0.25, 0.3) is 0 Å². The number of morpholine rings is 1. The smallest absolute Gasteiger partial charge is 0.0730 e. The first-order chi connectivity index (χ1) is 4.36. The second-order valence-electron chi connectivity index (χ2n) is 3.07. The van der Waals surface area contributed by atoms with Crippen molar-refractivity contribution in [2.45, 2.75) is 38.0 Å². The average molecular weight is 127 g/mol. The predicted octanol–water partition coefficient (Wildman–Crippen LogP) is 0.526. The van der Waals surface area contributed by atoms with Crippen molar-refractivity contribution in [1.82, 2.24) is 5.32 Å². The summed E-state index contributed by atoms with van der Waals surface area (Å²) in [5.41, 5.74) is 0. The van der Waals surface area contributed by atoms with Crippen molar-refractivity contribution in [3.8, 4) is 0 Å². The minimum atomic E-state index is 0.517. The lowest BCUT2D eigenvalue weighted by atomic mass is 10.1. The Morgan fingerprint density at radius 2 is 2.33 bits per heavy atom. The van der Waals surface area contributed by atoms with E-state index in [2.05, 4.69) is 12.2 Å². The number of ether oxygens (including phenoxy) is 1. The Bertz CT molecular complexity index is 115. The molecule has 9 heavy (non-hydrogen) atoms. The zero-order valence-electron chi connectivity index (χ0n) is 5.76. The molecule has 0 radical (unpaired) electrons. The van der Waals surface area contributed by atoms with E-state index in [4.69, 9.17) is 4.74 Å². The van der Waals surface area contributed by atoms with Crippen LogP contribution in [0.3, 0.4) is 0 Å². The Morgan fingerprint density at radius 1 is 1.44 bits per heavy atom. The summed E-state index contributed by atoms with van der Waals surface area (Å²) in [4.78, 5) is 0. The Balaban J connectivity index is 2.05. The quantitative estimate of drug-likeness (QED) is 0.512. The summed E-state index contributed by atoms with van der Waals surface area (Å²) in [6.07, 6.45) is 3.58. The summed E-state index contributed by atoms with van der Waals surface area (Å²) in [5, 5.41) is 3.42. The van der Waals surface area contributed by atoms with Gasteiger partial charge in [-0.1, -0.05) is 0 Å². The molecule has 52 valence electrons. The van der Waals surface area contributed by atoms with Crippen LogP contribution in [0.15, 0.2) is 0 Å². The summed E-state index contributed by atoms with van der Waals surface area (Å²) in [6.45, 7) is 3.27. The Hall–Kier alpha value is -0.0800. The first kappa shape index (κ1) is 5.69. The van der Waals surface area contributed by atoms with Crippen LogP contribution < -0.4 is 5.32 Å². The van der Waals surface area contributed by atoms with Gasteiger partial charge in [0, 0.05) is 12.6 Å². The van der Waals surface area contributed by atoms with Crippen molar-refractivity contribution in [3.05, 3.63) is 0 Å². The molecule has 2 aliphatic heterocycles. The monoisotopic (exact) mass is 127 g/mol. The van der Waals surface area contributed by atoms with Crippen molar-refractivity contribution in [2.24, 2.45) is 0 Å². The molecule has 2 nitrogen and oxygen atoms in total. The first-order valence-electron chi connectivity index (χ1n) is 3.75. The van der Waals surface area contributed by atoms with Crippen LogP contribution in [0.1, 0.15) is 19.8 Å². The van der Waals surface area contributed by atoms with E-state index in [1.54, 1.807) is 0 Å². The third kappa shape index (κ3) is 0.864. The molecule has 0 aliphatic carbocycles. The molecule has 0 amide bonds. The summed E-state index contributed by atoms with van der Waals surface area (Å²) in [6, 6.07) is 0.587. The zero-order valence-corrected chi connectivity index (χ0v) is 5.76. The highest BCUT2D eigenvalue weighted by molar-refractivity contribution is 4.87. The van der Waals surface area contributed by atoms with Gasteiger partial charge in [0.2, 0.25) is 0 Å². The summed E-state index contributed by atoms with van der Waals surface area (Å²) in [5.74, 6) is 0. The van der Waals surface area contributed by atoms with Gasteiger partial charge in [-0.2, -0.15) is 0 Å². The summed E-state index contributed by atoms with van der Waals surface area (Å²) < 4.78 is 5.65. The fourth-order valence-corrected chi connectivity index (χ4v) is 1.70. The highest BCUT2D eigenvalue weighted by atomic mass is 16.5. The molecule has 2 bridgehead atoms. The summed E-state index contributed by atoms with van der Waals surface area (Å²) >= 11 is 0. The van der Waals surface area contributed by atoms with E-state index >= 15 is 0 Å². The van der Waals surface area contributed by atoms with Crippen molar-refractivity contribution in [1.29, 1.82) is 0 Å². The van der Waals surface area contributed by atoms with Gasteiger partial charge in [0.15, 0.2) is 0 Å².